The molecule has 1 N–H and O–H groups in total. The summed E-state index contributed by atoms with van der Waals surface area (Å²) in [6.45, 7) is 0.264. The largest absolute Gasteiger partial charge is 0.484 e. The first-order chi connectivity index (χ1) is 12.0. The van der Waals surface area contributed by atoms with Crippen LogP contribution in [0.3, 0.4) is 0 Å². The fourth-order valence-electron chi connectivity index (χ4n) is 2.69. The van der Waals surface area contributed by atoms with Crippen LogP contribution in [0.4, 0.5) is 18.9 Å². The van der Waals surface area contributed by atoms with Crippen molar-refractivity contribution < 1.29 is 31.1 Å². The lowest BCUT2D eigenvalue weighted by Crippen LogP contribution is -2.45. The van der Waals surface area contributed by atoms with Crippen LogP contribution >= 0.6 is 0 Å². The van der Waals surface area contributed by atoms with Crippen LogP contribution in [0, 0.1) is 0 Å². The first-order valence-electron chi connectivity index (χ1n) is 8.00. The molecule has 0 saturated carbocycles. The lowest BCUT2D eigenvalue weighted by Gasteiger charge is -2.27. The van der Waals surface area contributed by atoms with Crippen molar-refractivity contribution in [3.8, 4) is 5.75 Å². The minimum atomic E-state index is -4.41. The summed E-state index contributed by atoms with van der Waals surface area (Å²) in [6, 6.07) is 4.81. The maximum absolute atomic E-state index is 12.4. The van der Waals surface area contributed by atoms with E-state index in [9.17, 15) is 26.4 Å². The molecule has 1 aliphatic rings. The summed E-state index contributed by atoms with van der Waals surface area (Å²) in [5.74, 6) is -0.145. The Labute approximate surface area is 150 Å². The number of halogens is 3. The minimum absolute atomic E-state index is 0.0345. The number of benzene rings is 1. The number of alkyl halides is 3. The summed E-state index contributed by atoms with van der Waals surface area (Å²) in [7, 11) is -1.52. The van der Waals surface area contributed by atoms with Crippen LogP contribution in [0.5, 0.6) is 5.75 Å². The Kier molecular flexibility index (Phi) is 6.05. The van der Waals surface area contributed by atoms with Crippen LogP contribution in [0.2, 0.25) is 0 Å². The van der Waals surface area contributed by atoms with E-state index >= 15 is 0 Å². The van der Waals surface area contributed by atoms with E-state index in [2.05, 4.69) is 10.1 Å². The first-order valence-corrected chi connectivity index (χ1v) is 9.82. The maximum atomic E-state index is 12.4. The molecule has 6 nitrogen and oxygen atoms in total. The van der Waals surface area contributed by atoms with Gasteiger partial charge in [-0.1, -0.05) is 0 Å². The Balaban J connectivity index is 1.90. The first kappa shape index (κ1) is 20.3. The average molecular weight is 394 g/mol. The second-order valence-corrected chi connectivity index (χ2v) is 8.53. The fraction of sp³-hybridized carbons (Fsp3) is 0.562. The van der Waals surface area contributed by atoms with Gasteiger partial charge in [-0.05, 0) is 37.6 Å². The van der Waals surface area contributed by atoms with Crippen molar-refractivity contribution in [1.29, 1.82) is 0 Å². The molecule has 26 heavy (non-hydrogen) atoms. The summed E-state index contributed by atoms with van der Waals surface area (Å²) >= 11 is 0. The zero-order valence-corrected chi connectivity index (χ0v) is 15.2. The Hall–Kier alpha value is -1.97. The van der Waals surface area contributed by atoms with Gasteiger partial charge in [-0.2, -0.15) is 13.2 Å². The van der Waals surface area contributed by atoms with Gasteiger partial charge in [0.05, 0.1) is 11.5 Å². The van der Waals surface area contributed by atoms with E-state index in [4.69, 9.17) is 0 Å². The molecule has 1 fully saturated rings. The molecule has 2 rings (SSSR count). The number of ether oxygens (including phenoxy) is 1. The Morgan fingerprint density at radius 2 is 1.96 bits per heavy atom. The standard InChI is InChI=1S/C16H21F3N2O4S/c1-11(15(22)21(2)13-7-8-26(23,24)9-13)20-12-3-5-14(6-4-12)25-10-16(17,18)19/h3-6,11,13,20H,7-10H2,1-2H3/t11-,13+/m1/s1. The highest BCUT2D eigenvalue weighted by Crippen LogP contribution is 2.21. The molecule has 0 aromatic heterocycles. The van der Waals surface area contributed by atoms with Gasteiger partial charge in [0.25, 0.3) is 0 Å². The van der Waals surface area contributed by atoms with Gasteiger partial charge in [-0.3, -0.25) is 4.79 Å². The van der Waals surface area contributed by atoms with E-state index in [0.717, 1.165) is 0 Å². The lowest BCUT2D eigenvalue weighted by atomic mass is 10.2. The number of carbonyl (C=O) groups excluding carboxylic acids is 1. The van der Waals surface area contributed by atoms with Gasteiger partial charge in [-0.15, -0.1) is 0 Å². The third kappa shape index (κ3) is 5.79. The molecule has 0 aliphatic carbocycles. The second-order valence-electron chi connectivity index (χ2n) is 6.30. The van der Waals surface area contributed by atoms with E-state index < -0.39 is 28.7 Å². The molecule has 0 spiro atoms. The van der Waals surface area contributed by atoms with Crippen LogP contribution in [0.15, 0.2) is 24.3 Å². The van der Waals surface area contributed by atoms with Gasteiger partial charge in [-0.25, -0.2) is 8.42 Å². The van der Waals surface area contributed by atoms with Crippen LogP contribution in [-0.2, 0) is 14.6 Å². The van der Waals surface area contributed by atoms with E-state index in [-0.39, 0.29) is 29.2 Å². The average Bonchev–Trinajstić information content (AvgIpc) is 2.92. The quantitative estimate of drug-likeness (QED) is 0.800. The number of rotatable bonds is 6. The number of nitrogens with zero attached hydrogens (tertiary/aromatic N) is 1. The molecular weight excluding hydrogens is 373 g/mol. The highest BCUT2D eigenvalue weighted by Gasteiger charge is 2.34. The van der Waals surface area contributed by atoms with Crippen molar-refractivity contribution in [3.63, 3.8) is 0 Å². The summed E-state index contributed by atoms with van der Waals surface area (Å²) < 4.78 is 64.0. The van der Waals surface area contributed by atoms with Gasteiger partial charge in [0.2, 0.25) is 5.91 Å². The molecule has 1 aliphatic heterocycles. The highest BCUT2D eigenvalue weighted by atomic mass is 32.2. The number of hydrogen-bond acceptors (Lipinski definition) is 5. The SMILES string of the molecule is C[C@@H](Nc1ccc(OCC(F)(F)F)cc1)C(=O)N(C)[C@H]1CCS(=O)(=O)C1. The molecule has 0 bridgehead atoms. The monoisotopic (exact) mass is 394 g/mol. The molecule has 1 amide bonds. The van der Waals surface area contributed by atoms with E-state index in [1.165, 1.54) is 29.2 Å². The smallest absolute Gasteiger partial charge is 0.422 e. The molecule has 0 radical (unpaired) electrons. The molecule has 2 atom stereocenters. The summed E-state index contributed by atoms with van der Waals surface area (Å²) in [4.78, 5) is 13.9. The third-order valence-electron chi connectivity index (χ3n) is 4.11. The van der Waals surface area contributed by atoms with Crippen molar-refractivity contribution >= 4 is 21.4 Å². The number of sulfone groups is 1. The van der Waals surface area contributed by atoms with Crippen molar-refractivity contribution in [2.45, 2.75) is 31.6 Å². The molecular formula is C16H21F3N2O4S. The number of anilines is 1. The van der Waals surface area contributed by atoms with Gasteiger partial charge >= 0.3 is 6.18 Å². The molecule has 10 heteroatoms. The highest BCUT2D eigenvalue weighted by molar-refractivity contribution is 7.91. The predicted molar refractivity (Wildman–Crippen MR) is 90.9 cm³/mol. The topological polar surface area (TPSA) is 75.7 Å². The van der Waals surface area contributed by atoms with Crippen LogP contribution in [0.25, 0.3) is 0 Å². The molecule has 1 heterocycles. The third-order valence-corrected chi connectivity index (χ3v) is 5.86. The van der Waals surface area contributed by atoms with Gasteiger partial charge in [0.1, 0.15) is 11.8 Å². The van der Waals surface area contributed by atoms with Gasteiger partial charge < -0.3 is 15.0 Å². The van der Waals surface area contributed by atoms with E-state index in [1.54, 1.807) is 14.0 Å². The van der Waals surface area contributed by atoms with Crippen molar-refractivity contribution in [3.05, 3.63) is 24.3 Å². The summed E-state index contributed by atoms with van der Waals surface area (Å²) in [5, 5.41) is 2.95. The Bertz CT molecular complexity index is 735. The van der Waals surface area contributed by atoms with E-state index in [1.807, 2.05) is 0 Å². The van der Waals surface area contributed by atoms with E-state index in [0.29, 0.717) is 12.1 Å². The molecule has 0 unspecified atom stereocenters. The number of likely N-dealkylation sites (N-methyl/N-ethyl adjacent to an activating group) is 1. The van der Waals surface area contributed by atoms with Gasteiger partial charge in [0.15, 0.2) is 16.4 Å². The number of nitrogens with one attached hydrogen (secondary N) is 1. The number of amides is 1. The van der Waals surface area contributed by atoms with Crippen molar-refractivity contribution in [1.82, 2.24) is 4.90 Å². The van der Waals surface area contributed by atoms with Crippen LogP contribution in [0.1, 0.15) is 13.3 Å². The second kappa shape index (κ2) is 7.73. The fourth-order valence-corrected chi connectivity index (χ4v) is 4.46. The van der Waals surface area contributed by atoms with Crippen LogP contribution < -0.4 is 10.1 Å². The zero-order valence-electron chi connectivity index (χ0n) is 14.4. The van der Waals surface area contributed by atoms with Crippen molar-refractivity contribution in [2.75, 3.05) is 30.5 Å². The number of carbonyl (C=O) groups is 1. The van der Waals surface area contributed by atoms with Crippen LogP contribution in [-0.4, -0.2) is 62.6 Å². The molecule has 1 aromatic rings. The normalized spacial score (nSPS) is 20.4. The maximum Gasteiger partial charge on any atom is 0.422 e. The molecule has 1 saturated heterocycles. The number of hydrogen-bond donors (Lipinski definition) is 1. The lowest BCUT2D eigenvalue weighted by molar-refractivity contribution is -0.153. The zero-order chi connectivity index (χ0) is 19.5. The van der Waals surface area contributed by atoms with Crippen molar-refractivity contribution in [2.24, 2.45) is 0 Å². The minimum Gasteiger partial charge on any atom is -0.484 e. The molecule has 1 aromatic carbocycles. The molecule has 146 valence electrons. The Morgan fingerprint density at radius 1 is 1.35 bits per heavy atom. The summed E-state index contributed by atoms with van der Waals surface area (Å²) in [6.07, 6.45) is -3.99. The Morgan fingerprint density at radius 3 is 2.46 bits per heavy atom. The predicted octanol–water partition coefficient (Wildman–Crippen LogP) is 2.07. The van der Waals surface area contributed by atoms with Gasteiger partial charge in [0, 0.05) is 18.8 Å². The summed E-state index contributed by atoms with van der Waals surface area (Å²) in [5.41, 5.74) is 0.539.